The maximum Gasteiger partial charge on any atom is 0.371 e. The van der Waals surface area contributed by atoms with Gasteiger partial charge in [-0.3, -0.25) is 0 Å². The Kier molecular flexibility index (Phi) is 3.62. The predicted octanol–water partition coefficient (Wildman–Crippen LogP) is 2.98. The van der Waals surface area contributed by atoms with E-state index in [9.17, 15) is 4.79 Å². The van der Waals surface area contributed by atoms with Gasteiger partial charge in [0.1, 0.15) is 0 Å². The molecule has 0 saturated heterocycles. The first-order chi connectivity index (χ1) is 6.09. The quantitative estimate of drug-likeness (QED) is 0.848. The Labute approximate surface area is 87.9 Å². The van der Waals surface area contributed by atoms with E-state index in [2.05, 4.69) is 22.5 Å². The van der Waals surface area contributed by atoms with Crippen LogP contribution in [0.4, 0.5) is 0 Å². The van der Waals surface area contributed by atoms with Crippen LogP contribution in [0.1, 0.15) is 10.6 Å². The van der Waals surface area contributed by atoms with E-state index < -0.39 is 5.97 Å². The third-order valence-electron chi connectivity index (χ3n) is 1.16. The Morgan fingerprint density at radius 3 is 2.85 bits per heavy atom. The summed E-state index contributed by atoms with van der Waals surface area (Å²) in [5, 5.41) is 9.13. The highest BCUT2D eigenvalue weighted by Crippen LogP contribution is 2.24. The van der Waals surface area contributed by atoms with Gasteiger partial charge in [0.15, 0.2) is 5.09 Å². The lowest BCUT2D eigenvalue weighted by atomic mass is 10.5. The summed E-state index contributed by atoms with van der Waals surface area (Å²) < 4.78 is 5.84. The molecule has 0 aliphatic carbocycles. The largest absolute Gasteiger partial charge is 0.475 e. The van der Waals surface area contributed by atoms with Crippen molar-refractivity contribution in [2.75, 3.05) is 5.75 Å². The van der Waals surface area contributed by atoms with Gasteiger partial charge in [-0.2, -0.15) is 0 Å². The van der Waals surface area contributed by atoms with Crippen LogP contribution in [-0.4, -0.2) is 16.8 Å². The van der Waals surface area contributed by atoms with Gasteiger partial charge in [0, 0.05) is 5.75 Å². The van der Waals surface area contributed by atoms with Crippen LogP contribution in [-0.2, 0) is 0 Å². The van der Waals surface area contributed by atoms with Gasteiger partial charge >= 0.3 is 5.97 Å². The summed E-state index contributed by atoms with van der Waals surface area (Å²) in [6.45, 7) is 3.65. The molecule has 0 atom stereocenters. The molecule has 0 aliphatic rings. The molecule has 0 unspecified atom stereocenters. The fourth-order valence-electron chi connectivity index (χ4n) is 0.662. The van der Waals surface area contributed by atoms with Crippen molar-refractivity contribution in [1.82, 2.24) is 0 Å². The van der Waals surface area contributed by atoms with Gasteiger partial charge < -0.3 is 9.52 Å². The number of aromatic carboxylic acids is 1. The van der Waals surface area contributed by atoms with Gasteiger partial charge in [0.2, 0.25) is 5.76 Å². The molecule has 1 aromatic rings. The second-order valence-electron chi connectivity index (χ2n) is 2.23. The Hall–Kier alpha value is -0.680. The molecule has 5 heteroatoms. The van der Waals surface area contributed by atoms with Crippen molar-refractivity contribution in [2.24, 2.45) is 0 Å². The minimum atomic E-state index is -1.05. The van der Waals surface area contributed by atoms with E-state index >= 15 is 0 Å². The number of halogens is 1. The van der Waals surface area contributed by atoms with Crippen LogP contribution >= 0.6 is 27.7 Å². The molecule has 1 aromatic heterocycles. The number of rotatable bonds is 4. The molecule has 1 N–H and O–H groups in total. The molecule has 1 heterocycles. The zero-order valence-electron chi connectivity index (χ0n) is 6.62. The third-order valence-corrected chi connectivity index (χ3v) is 2.81. The van der Waals surface area contributed by atoms with Crippen molar-refractivity contribution < 1.29 is 14.3 Å². The molecule has 0 aromatic carbocycles. The van der Waals surface area contributed by atoms with Crippen LogP contribution in [0, 0.1) is 0 Å². The molecule has 1 rings (SSSR count). The van der Waals surface area contributed by atoms with Crippen LogP contribution in [0.25, 0.3) is 0 Å². The number of carboxylic acids is 1. The standard InChI is InChI=1S/C8H7BrO3S/c1-5(9)4-13-7-3-2-6(12-7)8(10)11/h2-3H,1,4H2,(H,10,11). The normalized spacial score (nSPS) is 9.92. The summed E-state index contributed by atoms with van der Waals surface area (Å²) in [6.07, 6.45) is 0. The second kappa shape index (κ2) is 4.53. The Morgan fingerprint density at radius 1 is 1.69 bits per heavy atom. The summed E-state index contributed by atoms with van der Waals surface area (Å²) in [4.78, 5) is 10.4. The zero-order chi connectivity index (χ0) is 9.84. The van der Waals surface area contributed by atoms with Crippen molar-refractivity contribution in [2.45, 2.75) is 5.09 Å². The van der Waals surface area contributed by atoms with Crippen molar-refractivity contribution in [3.8, 4) is 0 Å². The molecule has 70 valence electrons. The second-order valence-corrected chi connectivity index (χ2v) is 4.33. The van der Waals surface area contributed by atoms with E-state index in [1.807, 2.05) is 0 Å². The monoisotopic (exact) mass is 262 g/mol. The molecule has 3 nitrogen and oxygen atoms in total. The SMILES string of the molecule is C=C(Br)CSc1ccc(C(=O)O)o1. The third kappa shape index (κ3) is 3.28. The van der Waals surface area contributed by atoms with Gasteiger partial charge in [-0.15, -0.1) is 0 Å². The van der Waals surface area contributed by atoms with Crippen molar-refractivity contribution >= 4 is 33.7 Å². The fraction of sp³-hybridized carbons (Fsp3) is 0.125. The number of carboxylic acid groups (broad SMARTS) is 1. The molecular weight excluding hydrogens is 256 g/mol. The smallest absolute Gasteiger partial charge is 0.371 e. The number of thioether (sulfide) groups is 1. The van der Waals surface area contributed by atoms with Gasteiger partial charge in [-0.05, 0) is 16.6 Å². The maximum atomic E-state index is 10.4. The first kappa shape index (κ1) is 10.4. The summed E-state index contributed by atoms with van der Waals surface area (Å²) in [7, 11) is 0. The molecule has 0 spiro atoms. The van der Waals surface area contributed by atoms with E-state index in [0.29, 0.717) is 10.8 Å². The first-order valence-corrected chi connectivity index (χ1v) is 5.16. The predicted molar refractivity (Wildman–Crippen MR) is 54.5 cm³/mol. The molecule has 0 aliphatic heterocycles. The van der Waals surface area contributed by atoms with Gasteiger partial charge in [0.05, 0.1) is 0 Å². The summed E-state index contributed by atoms with van der Waals surface area (Å²) in [5.41, 5.74) is 0. The molecule has 0 radical (unpaired) electrons. The van der Waals surface area contributed by atoms with Crippen LogP contribution in [0.3, 0.4) is 0 Å². The Bertz CT molecular complexity index is 332. The lowest BCUT2D eigenvalue weighted by Gasteiger charge is -1.93. The lowest BCUT2D eigenvalue weighted by molar-refractivity contribution is 0.0656. The van der Waals surface area contributed by atoms with Crippen LogP contribution in [0.15, 0.2) is 32.7 Å². The van der Waals surface area contributed by atoms with Gasteiger partial charge in [-0.25, -0.2) is 4.79 Å². The Morgan fingerprint density at radius 2 is 2.38 bits per heavy atom. The highest BCUT2D eigenvalue weighted by molar-refractivity contribution is 9.11. The van der Waals surface area contributed by atoms with Crippen LogP contribution in [0.2, 0.25) is 0 Å². The highest BCUT2D eigenvalue weighted by atomic mass is 79.9. The van der Waals surface area contributed by atoms with Crippen molar-refractivity contribution in [3.63, 3.8) is 0 Å². The highest BCUT2D eigenvalue weighted by Gasteiger charge is 2.08. The van der Waals surface area contributed by atoms with E-state index in [0.717, 1.165) is 4.48 Å². The molecule has 13 heavy (non-hydrogen) atoms. The van der Waals surface area contributed by atoms with E-state index in [1.165, 1.54) is 17.8 Å². The number of hydrogen-bond acceptors (Lipinski definition) is 3. The number of furan rings is 1. The van der Waals surface area contributed by atoms with Crippen LogP contribution < -0.4 is 0 Å². The molecule has 0 amide bonds. The minimum absolute atomic E-state index is 0.0392. The van der Waals surface area contributed by atoms with Gasteiger partial charge in [0.25, 0.3) is 0 Å². The molecule has 0 saturated carbocycles. The van der Waals surface area contributed by atoms with Gasteiger partial charge in [-0.1, -0.05) is 34.3 Å². The minimum Gasteiger partial charge on any atom is -0.475 e. The fourth-order valence-corrected chi connectivity index (χ4v) is 1.62. The molecule has 0 fully saturated rings. The summed E-state index contributed by atoms with van der Waals surface area (Å²) in [6, 6.07) is 3.06. The Balaban J connectivity index is 2.59. The summed E-state index contributed by atoms with van der Waals surface area (Å²) in [5.74, 6) is -0.431. The topological polar surface area (TPSA) is 50.4 Å². The zero-order valence-corrected chi connectivity index (χ0v) is 9.02. The summed E-state index contributed by atoms with van der Waals surface area (Å²) >= 11 is 4.58. The first-order valence-electron chi connectivity index (χ1n) is 3.39. The average Bonchev–Trinajstić information content (AvgIpc) is 2.48. The van der Waals surface area contributed by atoms with E-state index in [1.54, 1.807) is 6.07 Å². The lowest BCUT2D eigenvalue weighted by Crippen LogP contribution is -1.91. The molecular formula is C8H7BrO3S. The van der Waals surface area contributed by atoms with E-state index in [4.69, 9.17) is 9.52 Å². The van der Waals surface area contributed by atoms with Crippen molar-refractivity contribution in [3.05, 3.63) is 29.0 Å². The average molecular weight is 263 g/mol. The maximum absolute atomic E-state index is 10.4. The van der Waals surface area contributed by atoms with E-state index in [-0.39, 0.29) is 5.76 Å². The number of hydrogen-bond donors (Lipinski definition) is 1. The number of carbonyl (C=O) groups is 1. The molecule has 0 bridgehead atoms. The van der Waals surface area contributed by atoms with Crippen molar-refractivity contribution in [1.29, 1.82) is 0 Å². The van der Waals surface area contributed by atoms with Crippen LogP contribution in [0.5, 0.6) is 0 Å².